The molecular formula is C20H25Cl2N3O3. The monoisotopic (exact) mass is 425 g/mol. The van der Waals surface area contributed by atoms with Crippen molar-refractivity contribution in [1.29, 1.82) is 0 Å². The molecule has 0 radical (unpaired) electrons. The Kier molecular flexibility index (Phi) is 5.92. The molecule has 0 aliphatic carbocycles. The maximum Gasteiger partial charge on any atom is 0.254 e. The SMILES string of the molecule is CC(C)(C)N1CC(C(=O)N2CCN(C(=O)c3ccc(Cl)c(Cl)c3)CC2)CC1=O. The van der Waals surface area contributed by atoms with Gasteiger partial charge in [-0.3, -0.25) is 14.4 Å². The summed E-state index contributed by atoms with van der Waals surface area (Å²) in [6.07, 6.45) is 0.262. The molecule has 6 nitrogen and oxygen atoms in total. The molecule has 0 aromatic heterocycles. The molecule has 2 aliphatic heterocycles. The first-order chi connectivity index (χ1) is 13.1. The van der Waals surface area contributed by atoms with Crippen LogP contribution in [-0.4, -0.2) is 70.7 Å². The minimum absolute atomic E-state index is 0.00161. The van der Waals surface area contributed by atoms with Crippen LogP contribution in [0, 0.1) is 5.92 Å². The number of hydrogen-bond acceptors (Lipinski definition) is 3. The quantitative estimate of drug-likeness (QED) is 0.731. The van der Waals surface area contributed by atoms with E-state index in [0.29, 0.717) is 48.3 Å². The number of benzene rings is 1. The number of piperazine rings is 1. The fourth-order valence-corrected chi connectivity index (χ4v) is 4.02. The number of nitrogens with zero attached hydrogens (tertiary/aromatic N) is 3. The Morgan fingerprint density at radius 1 is 1.00 bits per heavy atom. The molecule has 152 valence electrons. The van der Waals surface area contributed by atoms with E-state index in [1.165, 1.54) is 0 Å². The lowest BCUT2D eigenvalue weighted by molar-refractivity contribution is -0.137. The lowest BCUT2D eigenvalue weighted by Crippen LogP contribution is -2.52. The second-order valence-corrected chi connectivity index (χ2v) is 9.14. The molecule has 0 N–H and O–H groups in total. The second kappa shape index (κ2) is 7.91. The maximum atomic E-state index is 12.9. The first kappa shape index (κ1) is 20.9. The Hall–Kier alpha value is -1.79. The highest BCUT2D eigenvalue weighted by Gasteiger charge is 2.41. The van der Waals surface area contributed by atoms with Crippen LogP contribution in [0.15, 0.2) is 18.2 Å². The molecule has 3 rings (SSSR count). The summed E-state index contributed by atoms with van der Waals surface area (Å²) < 4.78 is 0. The van der Waals surface area contributed by atoms with E-state index >= 15 is 0 Å². The number of amides is 3. The molecule has 1 aromatic carbocycles. The van der Waals surface area contributed by atoms with Crippen LogP contribution in [-0.2, 0) is 9.59 Å². The summed E-state index contributed by atoms with van der Waals surface area (Å²) in [4.78, 5) is 43.0. The van der Waals surface area contributed by atoms with E-state index in [9.17, 15) is 14.4 Å². The molecule has 3 amide bonds. The number of carbonyl (C=O) groups is 3. The number of likely N-dealkylation sites (tertiary alicyclic amines) is 1. The van der Waals surface area contributed by atoms with Crippen molar-refractivity contribution in [2.24, 2.45) is 5.92 Å². The zero-order chi connectivity index (χ0) is 20.6. The summed E-state index contributed by atoms with van der Waals surface area (Å²) in [5.74, 6) is -0.398. The van der Waals surface area contributed by atoms with Crippen molar-refractivity contribution in [2.75, 3.05) is 32.7 Å². The standard InChI is InChI=1S/C20H25Cl2N3O3/c1-20(2,3)25-12-14(11-17(25)26)19(28)24-8-6-23(7-9-24)18(27)13-4-5-15(21)16(22)10-13/h4-5,10,14H,6-9,11-12H2,1-3H3. The smallest absolute Gasteiger partial charge is 0.254 e. The van der Waals surface area contributed by atoms with E-state index in [0.717, 1.165) is 0 Å². The van der Waals surface area contributed by atoms with Crippen molar-refractivity contribution in [3.05, 3.63) is 33.8 Å². The first-order valence-electron chi connectivity index (χ1n) is 9.41. The van der Waals surface area contributed by atoms with Crippen molar-refractivity contribution >= 4 is 40.9 Å². The van der Waals surface area contributed by atoms with Crippen molar-refractivity contribution in [3.63, 3.8) is 0 Å². The van der Waals surface area contributed by atoms with Crippen LogP contribution in [0.5, 0.6) is 0 Å². The minimum atomic E-state index is -0.302. The van der Waals surface area contributed by atoms with E-state index in [1.807, 2.05) is 20.8 Å². The summed E-state index contributed by atoms with van der Waals surface area (Å²) in [5.41, 5.74) is 0.202. The molecule has 2 fully saturated rings. The van der Waals surface area contributed by atoms with Gasteiger partial charge in [-0.1, -0.05) is 23.2 Å². The fourth-order valence-electron chi connectivity index (χ4n) is 3.72. The van der Waals surface area contributed by atoms with Gasteiger partial charge in [0.1, 0.15) is 0 Å². The van der Waals surface area contributed by atoms with Gasteiger partial charge in [-0.2, -0.15) is 0 Å². The van der Waals surface area contributed by atoms with Crippen LogP contribution in [0.2, 0.25) is 10.0 Å². The van der Waals surface area contributed by atoms with Crippen LogP contribution in [0.3, 0.4) is 0 Å². The molecule has 0 bridgehead atoms. The molecule has 1 unspecified atom stereocenters. The van der Waals surface area contributed by atoms with Gasteiger partial charge < -0.3 is 14.7 Å². The van der Waals surface area contributed by atoms with Crippen LogP contribution in [0.4, 0.5) is 0 Å². The molecule has 1 atom stereocenters. The Morgan fingerprint density at radius 2 is 1.61 bits per heavy atom. The van der Waals surface area contributed by atoms with E-state index in [4.69, 9.17) is 23.2 Å². The number of rotatable bonds is 2. The van der Waals surface area contributed by atoms with E-state index < -0.39 is 0 Å². The van der Waals surface area contributed by atoms with Crippen molar-refractivity contribution in [2.45, 2.75) is 32.7 Å². The molecule has 28 heavy (non-hydrogen) atoms. The fraction of sp³-hybridized carbons (Fsp3) is 0.550. The number of hydrogen-bond donors (Lipinski definition) is 0. The van der Waals surface area contributed by atoms with Crippen molar-refractivity contribution < 1.29 is 14.4 Å². The molecular weight excluding hydrogens is 401 g/mol. The van der Waals surface area contributed by atoms with Gasteiger partial charge in [0, 0.05) is 50.2 Å². The third-order valence-corrected chi connectivity index (χ3v) is 6.07. The van der Waals surface area contributed by atoms with Crippen LogP contribution < -0.4 is 0 Å². The van der Waals surface area contributed by atoms with Crippen LogP contribution in [0.25, 0.3) is 0 Å². The van der Waals surface area contributed by atoms with Gasteiger partial charge in [0.05, 0.1) is 16.0 Å². The molecule has 2 heterocycles. The Labute approximate surface area is 175 Å². The van der Waals surface area contributed by atoms with Gasteiger partial charge in [-0.05, 0) is 39.0 Å². The van der Waals surface area contributed by atoms with Crippen LogP contribution in [0.1, 0.15) is 37.6 Å². The lowest BCUT2D eigenvalue weighted by atomic mass is 10.1. The van der Waals surface area contributed by atoms with Gasteiger partial charge in [0.2, 0.25) is 11.8 Å². The summed E-state index contributed by atoms with van der Waals surface area (Å²) in [6.45, 7) is 8.23. The van der Waals surface area contributed by atoms with Crippen molar-refractivity contribution in [3.8, 4) is 0 Å². The molecule has 0 spiro atoms. The highest BCUT2D eigenvalue weighted by Crippen LogP contribution is 2.28. The molecule has 8 heteroatoms. The average molecular weight is 426 g/mol. The zero-order valence-corrected chi connectivity index (χ0v) is 17.9. The zero-order valence-electron chi connectivity index (χ0n) is 16.4. The van der Waals surface area contributed by atoms with E-state index in [-0.39, 0.29) is 35.6 Å². The topological polar surface area (TPSA) is 60.9 Å². The summed E-state index contributed by atoms with van der Waals surface area (Å²) in [5, 5.41) is 0.750. The van der Waals surface area contributed by atoms with Crippen molar-refractivity contribution in [1.82, 2.24) is 14.7 Å². The van der Waals surface area contributed by atoms with Gasteiger partial charge in [-0.15, -0.1) is 0 Å². The summed E-state index contributed by atoms with van der Waals surface area (Å²) >= 11 is 11.9. The number of carbonyl (C=O) groups excluding carboxylic acids is 3. The lowest BCUT2D eigenvalue weighted by Gasteiger charge is -2.36. The molecule has 2 saturated heterocycles. The van der Waals surface area contributed by atoms with E-state index in [1.54, 1.807) is 32.9 Å². The highest BCUT2D eigenvalue weighted by atomic mass is 35.5. The molecule has 1 aromatic rings. The predicted octanol–water partition coefficient (Wildman–Crippen LogP) is 2.92. The maximum absolute atomic E-state index is 12.9. The third-order valence-electron chi connectivity index (χ3n) is 5.33. The summed E-state index contributed by atoms with van der Waals surface area (Å²) in [7, 11) is 0. The molecule has 0 saturated carbocycles. The average Bonchev–Trinajstić information content (AvgIpc) is 3.05. The molecule has 2 aliphatic rings. The number of halogens is 2. The van der Waals surface area contributed by atoms with Gasteiger partial charge >= 0.3 is 0 Å². The Balaban J connectivity index is 1.58. The largest absolute Gasteiger partial charge is 0.339 e. The van der Waals surface area contributed by atoms with Gasteiger partial charge in [0.25, 0.3) is 5.91 Å². The minimum Gasteiger partial charge on any atom is -0.339 e. The highest BCUT2D eigenvalue weighted by molar-refractivity contribution is 6.42. The second-order valence-electron chi connectivity index (χ2n) is 8.32. The van der Waals surface area contributed by atoms with E-state index in [2.05, 4.69) is 0 Å². The summed E-state index contributed by atoms with van der Waals surface area (Å²) in [6, 6.07) is 4.82. The third kappa shape index (κ3) is 4.28. The Bertz CT molecular complexity index is 798. The van der Waals surface area contributed by atoms with Crippen LogP contribution >= 0.6 is 23.2 Å². The van der Waals surface area contributed by atoms with Gasteiger partial charge in [-0.25, -0.2) is 0 Å². The van der Waals surface area contributed by atoms with Gasteiger partial charge in [0.15, 0.2) is 0 Å². The predicted molar refractivity (Wildman–Crippen MR) is 109 cm³/mol. The Morgan fingerprint density at radius 3 is 2.14 bits per heavy atom. The first-order valence-corrected chi connectivity index (χ1v) is 10.2. The normalized spacial score (nSPS) is 20.7.